The minimum atomic E-state index is -0.399. The van der Waals surface area contributed by atoms with Crippen LogP contribution in [0.4, 0.5) is 5.69 Å². The molecular weight excluding hydrogens is 352 g/mol. The fraction of sp³-hybridized carbons (Fsp3) is 0.591. The number of Topliss-reactive ketones (excluding diaryl/α,β-unsaturated/α-hetero) is 1. The number of hydrogen-bond acceptors (Lipinski definition) is 5. The molecular formula is C22H32N4O2. The van der Waals surface area contributed by atoms with Gasteiger partial charge in [0.05, 0.1) is 5.69 Å². The molecule has 1 aromatic carbocycles. The molecule has 1 amide bonds. The number of carbonyl (C=O) groups is 2. The van der Waals surface area contributed by atoms with E-state index in [0.717, 1.165) is 31.0 Å². The predicted octanol–water partition coefficient (Wildman–Crippen LogP) is 2.84. The lowest BCUT2D eigenvalue weighted by atomic mass is 10.0. The van der Waals surface area contributed by atoms with Crippen LogP contribution in [0.2, 0.25) is 0 Å². The molecule has 1 N–H and O–H groups in total. The number of benzene rings is 1. The largest absolute Gasteiger partial charge is 0.351 e. The van der Waals surface area contributed by atoms with Crippen LogP contribution in [0.5, 0.6) is 0 Å². The number of hydrazone groups is 1. The highest BCUT2D eigenvalue weighted by Crippen LogP contribution is 2.25. The second-order valence-corrected chi connectivity index (χ2v) is 8.07. The molecule has 0 saturated carbocycles. The zero-order valence-electron chi connectivity index (χ0n) is 17.1. The Kier molecular flexibility index (Phi) is 7.20. The molecule has 0 spiro atoms. The Hall–Kier alpha value is -2.21. The summed E-state index contributed by atoms with van der Waals surface area (Å²) in [5.74, 6) is 0.665. The van der Waals surface area contributed by atoms with Crippen LogP contribution in [0.15, 0.2) is 35.4 Å². The Bertz CT molecular complexity index is 704. The Balaban J connectivity index is 1.45. The lowest BCUT2D eigenvalue weighted by molar-refractivity contribution is -0.118. The Morgan fingerprint density at radius 1 is 1.21 bits per heavy atom. The number of likely N-dealkylation sites (tertiary alicyclic amines) is 1. The average Bonchev–Trinajstić information content (AvgIpc) is 3.14. The van der Waals surface area contributed by atoms with Gasteiger partial charge in [-0.3, -0.25) is 14.6 Å². The van der Waals surface area contributed by atoms with Gasteiger partial charge in [-0.25, -0.2) is 0 Å². The topological polar surface area (TPSA) is 65.0 Å². The Labute approximate surface area is 168 Å². The quantitative estimate of drug-likeness (QED) is 0.700. The summed E-state index contributed by atoms with van der Waals surface area (Å²) in [4.78, 5) is 27.1. The highest BCUT2D eigenvalue weighted by molar-refractivity contribution is 6.40. The van der Waals surface area contributed by atoms with Crippen molar-refractivity contribution in [3.63, 3.8) is 0 Å². The zero-order chi connectivity index (χ0) is 19.9. The summed E-state index contributed by atoms with van der Waals surface area (Å²) in [5, 5.41) is 9.10. The van der Waals surface area contributed by atoms with E-state index < -0.39 is 6.04 Å². The number of anilines is 1. The van der Waals surface area contributed by atoms with Crippen LogP contribution in [0.3, 0.4) is 0 Å². The number of piperidine rings is 1. The number of hydrogen-bond donors (Lipinski definition) is 1. The van der Waals surface area contributed by atoms with E-state index in [1.807, 2.05) is 30.3 Å². The molecule has 0 aromatic heterocycles. The van der Waals surface area contributed by atoms with E-state index in [1.54, 1.807) is 11.9 Å². The summed E-state index contributed by atoms with van der Waals surface area (Å²) < 4.78 is 0. The second-order valence-electron chi connectivity index (χ2n) is 8.07. The highest BCUT2D eigenvalue weighted by Gasteiger charge is 2.33. The van der Waals surface area contributed by atoms with Crippen molar-refractivity contribution in [1.29, 1.82) is 0 Å². The van der Waals surface area contributed by atoms with Gasteiger partial charge in [0.2, 0.25) is 0 Å². The first-order valence-electron chi connectivity index (χ1n) is 10.5. The highest BCUT2D eigenvalue weighted by atomic mass is 16.2. The molecule has 0 aliphatic carbocycles. The molecule has 3 rings (SSSR count). The van der Waals surface area contributed by atoms with E-state index >= 15 is 0 Å². The van der Waals surface area contributed by atoms with Crippen molar-refractivity contribution in [3.8, 4) is 0 Å². The van der Waals surface area contributed by atoms with E-state index in [0.29, 0.717) is 18.7 Å². The van der Waals surface area contributed by atoms with Crippen LogP contribution in [0, 0.1) is 5.92 Å². The molecule has 1 fully saturated rings. The lowest BCUT2D eigenvalue weighted by Crippen LogP contribution is -2.36. The summed E-state index contributed by atoms with van der Waals surface area (Å²) in [6, 6.07) is 9.14. The first-order chi connectivity index (χ1) is 13.5. The van der Waals surface area contributed by atoms with Crippen molar-refractivity contribution in [2.45, 2.75) is 52.0 Å². The monoisotopic (exact) mass is 384 g/mol. The van der Waals surface area contributed by atoms with Crippen molar-refractivity contribution in [2.24, 2.45) is 11.0 Å². The van der Waals surface area contributed by atoms with Crippen molar-refractivity contribution in [3.05, 3.63) is 30.3 Å². The van der Waals surface area contributed by atoms with Crippen molar-refractivity contribution in [1.82, 2.24) is 10.2 Å². The molecule has 1 aromatic rings. The molecule has 2 aliphatic rings. The summed E-state index contributed by atoms with van der Waals surface area (Å²) in [6.07, 6.45) is 5.05. The molecule has 6 nitrogen and oxygen atoms in total. The summed E-state index contributed by atoms with van der Waals surface area (Å²) >= 11 is 0. The van der Waals surface area contributed by atoms with Gasteiger partial charge in [-0.1, -0.05) is 25.1 Å². The third-order valence-electron chi connectivity index (χ3n) is 5.59. The summed E-state index contributed by atoms with van der Waals surface area (Å²) in [7, 11) is 0. The van der Waals surface area contributed by atoms with Crippen LogP contribution in [0.1, 0.15) is 46.0 Å². The number of nitrogens with zero attached hydrogens (tertiary/aromatic N) is 3. The zero-order valence-corrected chi connectivity index (χ0v) is 17.1. The standard InChI is InChI=1S/C22H32N4O2/c1-17-9-8-14-25(16-17)13-7-6-12-23-22(28)20-15-21(18(2)27)26(24-20)19-10-4-3-5-11-19/h3-5,10-11,17,21H,6-9,12-16H2,1-2H3,(H,23,28)/t17-,21+/m1/s1. The van der Waals surface area contributed by atoms with Crippen molar-refractivity contribution < 1.29 is 9.59 Å². The Morgan fingerprint density at radius 2 is 2.00 bits per heavy atom. The fourth-order valence-corrected chi connectivity index (χ4v) is 4.04. The second kappa shape index (κ2) is 9.82. The van der Waals surface area contributed by atoms with Crippen LogP contribution in [-0.4, -0.2) is 54.5 Å². The molecule has 0 radical (unpaired) electrons. The number of para-hydroxylation sites is 1. The van der Waals surface area contributed by atoms with Gasteiger partial charge in [0.1, 0.15) is 11.8 Å². The van der Waals surface area contributed by atoms with Gasteiger partial charge in [0.15, 0.2) is 5.78 Å². The SMILES string of the molecule is CC(=O)[C@@H]1CC(C(=O)NCCCCN2CCC[C@@H](C)C2)=NN1c1ccccc1. The number of nitrogens with one attached hydrogen (secondary N) is 1. The molecule has 2 aliphatic heterocycles. The predicted molar refractivity (Wildman–Crippen MR) is 113 cm³/mol. The van der Waals surface area contributed by atoms with E-state index in [9.17, 15) is 9.59 Å². The van der Waals surface area contributed by atoms with Crippen molar-refractivity contribution in [2.75, 3.05) is 31.2 Å². The average molecular weight is 385 g/mol. The fourth-order valence-electron chi connectivity index (χ4n) is 4.04. The van der Waals surface area contributed by atoms with Crippen LogP contribution >= 0.6 is 0 Å². The molecule has 0 bridgehead atoms. The van der Waals surface area contributed by atoms with Crippen molar-refractivity contribution >= 4 is 23.1 Å². The van der Waals surface area contributed by atoms with Crippen LogP contribution in [0.25, 0.3) is 0 Å². The molecule has 1 saturated heterocycles. The number of unbranched alkanes of at least 4 members (excludes halogenated alkanes) is 1. The lowest BCUT2D eigenvalue weighted by Gasteiger charge is -2.30. The Morgan fingerprint density at radius 3 is 2.71 bits per heavy atom. The van der Waals surface area contributed by atoms with Gasteiger partial charge in [-0.15, -0.1) is 0 Å². The van der Waals surface area contributed by atoms with Gasteiger partial charge in [-0.05, 0) is 63.7 Å². The van der Waals surface area contributed by atoms with E-state index in [1.165, 1.54) is 25.9 Å². The molecule has 2 heterocycles. The number of ketones is 1. The van der Waals surface area contributed by atoms with Crippen LogP contribution < -0.4 is 10.3 Å². The number of rotatable bonds is 8. The maximum atomic E-state index is 12.5. The van der Waals surface area contributed by atoms with E-state index in [2.05, 4.69) is 22.2 Å². The summed E-state index contributed by atoms with van der Waals surface area (Å²) in [5.41, 5.74) is 1.27. The normalized spacial score (nSPS) is 22.8. The van der Waals surface area contributed by atoms with Gasteiger partial charge in [-0.2, -0.15) is 5.10 Å². The third kappa shape index (κ3) is 5.41. The van der Waals surface area contributed by atoms with E-state index in [-0.39, 0.29) is 11.7 Å². The van der Waals surface area contributed by atoms with Gasteiger partial charge in [0.25, 0.3) is 5.91 Å². The minimum Gasteiger partial charge on any atom is -0.351 e. The van der Waals surface area contributed by atoms with Gasteiger partial charge in [0, 0.05) is 19.5 Å². The number of carbonyl (C=O) groups excluding carboxylic acids is 2. The molecule has 6 heteroatoms. The first-order valence-corrected chi connectivity index (χ1v) is 10.5. The van der Waals surface area contributed by atoms with Crippen LogP contribution in [-0.2, 0) is 9.59 Å². The van der Waals surface area contributed by atoms with Gasteiger partial charge < -0.3 is 10.2 Å². The summed E-state index contributed by atoms with van der Waals surface area (Å²) in [6.45, 7) is 8.03. The van der Waals surface area contributed by atoms with Gasteiger partial charge >= 0.3 is 0 Å². The smallest absolute Gasteiger partial charge is 0.267 e. The number of amides is 1. The molecule has 2 atom stereocenters. The minimum absolute atomic E-state index is 0.0196. The maximum absolute atomic E-state index is 12.5. The molecule has 28 heavy (non-hydrogen) atoms. The third-order valence-corrected chi connectivity index (χ3v) is 5.59. The first kappa shape index (κ1) is 20.5. The maximum Gasteiger partial charge on any atom is 0.267 e. The van der Waals surface area contributed by atoms with E-state index in [4.69, 9.17) is 0 Å². The molecule has 0 unspecified atom stereocenters. The molecule has 152 valence electrons.